The molecule has 0 unspecified atom stereocenters. The molecule has 1 aliphatic rings. The van der Waals surface area contributed by atoms with Gasteiger partial charge in [0.25, 0.3) is 0 Å². The van der Waals surface area contributed by atoms with Crippen LogP contribution in [0, 0.1) is 0 Å². The van der Waals surface area contributed by atoms with E-state index < -0.39 is 11.5 Å². The van der Waals surface area contributed by atoms with Crippen LogP contribution in [-0.4, -0.2) is 34.9 Å². The minimum Gasteiger partial charge on any atom is -0.494 e. The fourth-order valence-electron chi connectivity index (χ4n) is 2.52. The molecule has 1 fully saturated rings. The standard InChI is InChI=1S/C16H21NO4S/c1-2-21-12-4-6-13(7-5-12)22-11-14(18)17-16(8-3-9-16)10-15(19)20/h4-7H,2-3,8-11H2,1H3,(H,17,18)(H,19,20). The number of hydrogen-bond acceptors (Lipinski definition) is 4. The Hall–Kier alpha value is -1.69. The lowest BCUT2D eigenvalue weighted by Crippen LogP contribution is -2.55. The maximum atomic E-state index is 12.0. The van der Waals surface area contributed by atoms with Gasteiger partial charge in [-0.15, -0.1) is 11.8 Å². The molecule has 0 radical (unpaired) electrons. The average molecular weight is 323 g/mol. The first-order chi connectivity index (χ1) is 10.5. The third-order valence-electron chi connectivity index (χ3n) is 3.71. The quantitative estimate of drug-likeness (QED) is 0.719. The Balaban J connectivity index is 1.80. The van der Waals surface area contributed by atoms with Crippen LogP contribution in [0.15, 0.2) is 29.2 Å². The summed E-state index contributed by atoms with van der Waals surface area (Å²) in [5.41, 5.74) is -0.525. The first kappa shape index (κ1) is 16.7. The normalized spacial score (nSPS) is 15.7. The molecule has 6 heteroatoms. The van der Waals surface area contributed by atoms with Crippen LogP contribution in [0.5, 0.6) is 5.75 Å². The number of ether oxygens (including phenoxy) is 1. The van der Waals surface area contributed by atoms with Crippen molar-refractivity contribution >= 4 is 23.6 Å². The van der Waals surface area contributed by atoms with Crippen molar-refractivity contribution < 1.29 is 19.4 Å². The third-order valence-corrected chi connectivity index (χ3v) is 4.72. The van der Waals surface area contributed by atoms with Crippen molar-refractivity contribution in [3.8, 4) is 5.75 Å². The van der Waals surface area contributed by atoms with E-state index in [1.165, 1.54) is 11.8 Å². The molecule has 0 bridgehead atoms. The van der Waals surface area contributed by atoms with E-state index in [1.54, 1.807) is 0 Å². The van der Waals surface area contributed by atoms with Crippen LogP contribution < -0.4 is 10.1 Å². The summed E-state index contributed by atoms with van der Waals surface area (Å²) >= 11 is 1.43. The number of nitrogens with one attached hydrogen (secondary N) is 1. The van der Waals surface area contributed by atoms with Gasteiger partial charge in [0.1, 0.15) is 5.75 Å². The van der Waals surface area contributed by atoms with Gasteiger partial charge in [-0.2, -0.15) is 0 Å². The maximum Gasteiger partial charge on any atom is 0.305 e. The maximum absolute atomic E-state index is 12.0. The van der Waals surface area contributed by atoms with Crippen LogP contribution >= 0.6 is 11.8 Å². The molecule has 1 amide bonds. The summed E-state index contributed by atoms with van der Waals surface area (Å²) in [4.78, 5) is 23.9. The molecule has 0 aliphatic heterocycles. The zero-order chi connectivity index (χ0) is 16.0. The molecular weight excluding hydrogens is 302 g/mol. The summed E-state index contributed by atoms with van der Waals surface area (Å²) in [6, 6.07) is 7.59. The number of amides is 1. The molecule has 5 nitrogen and oxygen atoms in total. The Labute approximate surface area is 134 Å². The highest BCUT2D eigenvalue weighted by Crippen LogP contribution is 2.35. The van der Waals surface area contributed by atoms with E-state index in [0.717, 1.165) is 29.9 Å². The van der Waals surface area contributed by atoms with Crippen molar-refractivity contribution in [2.24, 2.45) is 0 Å². The Morgan fingerprint density at radius 2 is 2.00 bits per heavy atom. The van der Waals surface area contributed by atoms with E-state index in [-0.39, 0.29) is 18.1 Å². The molecule has 0 aromatic heterocycles. The number of hydrogen-bond donors (Lipinski definition) is 2. The summed E-state index contributed by atoms with van der Waals surface area (Å²) < 4.78 is 5.37. The Kier molecular flexibility index (Phi) is 5.71. The number of benzene rings is 1. The molecule has 120 valence electrons. The molecule has 1 aromatic carbocycles. The average Bonchev–Trinajstić information content (AvgIpc) is 2.44. The predicted octanol–water partition coefficient (Wildman–Crippen LogP) is 2.69. The van der Waals surface area contributed by atoms with Crippen LogP contribution in [0.2, 0.25) is 0 Å². The van der Waals surface area contributed by atoms with Crippen LogP contribution in [0.25, 0.3) is 0 Å². The first-order valence-electron chi connectivity index (χ1n) is 7.41. The highest BCUT2D eigenvalue weighted by Gasteiger charge is 2.40. The molecule has 1 saturated carbocycles. The second kappa shape index (κ2) is 7.54. The van der Waals surface area contributed by atoms with Gasteiger partial charge in [-0.3, -0.25) is 9.59 Å². The fraction of sp³-hybridized carbons (Fsp3) is 0.500. The Morgan fingerprint density at radius 3 is 2.50 bits per heavy atom. The highest BCUT2D eigenvalue weighted by atomic mass is 32.2. The van der Waals surface area contributed by atoms with Gasteiger partial charge in [-0.05, 0) is 50.5 Å². The van der Waals surface area contributed by atoms with Gasteiger partial charge in [-0.1, -0.05) is 0 Å². The summed E-state index contributed by atoms with van der Waals surface area (Å²) in [5.74, 6) is 0.125. The first-order valence-corrected chi connectivity index (χ1v) is 8.40. The number of rotatable bonds is 8. The molecule has 22 heavy (non-hydrogen) atoms. The van der Waals surface area contributed by atoms with E-state index in [2.05, 4.69) is 5.32 Å². The van der Waals surface area contributed by atoms with Crippen molar-refractivity contribution in [2.75, 3.05) is 12.4 Å². The van der Waals surface area contributed by atoms with Gasteiger partial charge in [-0.25, -0.2) is 0 Å². The van der Waals surface area contributed by atoms with Crippen molar-refractivity contribution in [3.05, 3.63) is 24.3 Å². The zero-order valence-electron chi connectivity index (χ0n) is 12.6. The molecule has 0 saturated heterocycles. The summed E-state index contributed by atoms with van der Waals surface area (Å²) in [5, 5.41) is 11.8. The lowest BCUT2D eigenvalue weighted by Gasteiger charge is -2.41. The third kappa shape index (κ3) is 4.66. The second-order valence-electron chi connectivity index (χ2n) is 5.45. The Morgan fingerprint density at radius 1 is 1.32 bits per heavy atom. The van der Waals surface area contributed by atoms with E-state index in [1.807, 2.05) is 31.2 Å². The summed E-state index contributed by atoms with van der Waals surface area (Å²) in [6.07, 6.45) is 2.48. The van der Waals surface area contributed by atoms with Crippen molar-refractivity contribution in [2.45, 2.75) is 43.0 Å². The molecule has 2 rings (SSSR count). The number of aliphatic carboxylic acids is 1. The molecule has 0 atom stereocenters. The van der Waals surface area contributed by atoms with Gasteiger partial charge in [0.2, 0.25) is 5.91 Å². The molecule has 2 N–H and O–H groups in total. The Bertz CT molecular complexity index is 525. The van der Waals surface area contributed by atoms with E-state index in [4.69, 9.17) is 9.84 Å². The number of carbonyl (C=O) groups excluding carboxylic acids is 1. The second-order valence-corrected chi connectivity index (χ2v) is 6.49. The lowest BCUT2D eigenvalue weighted by atomic mass is 9.74. The van der Waals surface area contributed by atoms with Crippen LogP contribution in [0.1, 0.15) is 32.6 Å². The monoisotopic (exact) mass is 323 g/mol. The van der Waals surface area contributed by atoms with Gasteiger partial charge in [0.05, 0.1) is 24.3 Å². The van der Waals surface area contributed by atoms with Gasteiger partial charge >= 0.3 is 5.97 Å². The molecule has 1 aliphatic carbocycles. The fourth-order valence-corrected chi connectivity index (χ4v) is 3.22. The van der Waals surface area contributed by atoms with Gasteiger partial charge < -0.3 is 15.2 Å². The topological polar surface area (TPSA) is 75.6 Å². The van der Waals surface area contributed by atoms with Gasteiger partial charge in [0.15, 0.2) is 0 Å². The minimum absolute atomic E-state index is 0.00641. The van der Waals surface area contributed by atoms with E-state index in [0.29, 0.717) is 6.61 Å². The number of carboxylic acids is 1. The van der Waals surface area contributed by atoms with Crippen LogP contribution in [-0.2, 0) is 9.59 Å². The molecular formula is C16H21NO4S. The zero-order valence-corrected chi connectivity index (χ0v) is 13.4. The largest absolute Gasteiger partial charge is 0.494 e. The highest BCUT2D eigenvalue weighted by molar-refractivity contribution is 8.00. The van der Waals surface area contributed by atoms with Crippen molar-refractivity contribution in [1.29, 1.82) is 0 Å². The van der Waals surface area contributed by atoms with Crippen molar-refractivity contribution in [1.82, 2.24) is 5.32 Å². The number of carbonyl (C=O) groups is 2. The SMILES string of the molecule is CCOc1ccc(SCC(=O)NC2(CC(=O)O)CCC2)cc1. The summed E-state index contributed by atoms with van der Waals surface area (Å²) in [7, 11) is 0. The molecule has 0 heterocycles. The van der Waals surface area contributed by atoms with Gasteiger partial charge in [0, 0.05) is 4.90 Å². The molecule has 1 aromatic rings. The van der Waals surface area contributed by atoms with Crippen molar-refractivity contribution in [3.63, 3.8) is 0 Å². The lowest BCUT2D eigenvalue weighted by molar-refractivity contribution is -0.140. The number of carboxylic acid groups (broad SMARTS) is 1. The van der Waals surface area contributed by atoms with E-state index >= 15 is 0 Å². The minimum atomic E-state index is -0.862. The molecule has 0 spiro atoms. The van der Waals surface area contributed by atoms with Crippen LogP contribution in [0.4, 0.5) is 0 Å². The van der Waals surface area contributed by atoms with E-state index in [9.17, 15) is 9.59 Å². The van der Waals surface area contributed by atoms with Crippen LogP contribution in [0.3, 0.4) is 0 Å². The smallest absolute Gasteiger partial charge is 0.305 e. The predicted molar refractivity (Wildman–Crippen MR) is 85.3 cm³/mol. The number of thioether (sulfide) groups is 1. The summed E-state index contributed by atoms with van der Waals surface area (Å²) in [6.45, 7) is 2.56.